The van der Waals surface area contributed by atoms with Gasteiger partial charge in [0.15, 0.2) is 23.1 Å². The summed E-state index contributed by atoms with van der Waals surface area (Å²) in [4.78, 5) is 20.3. The normalized spacial score (nSPS) is 11.6. The minimum absolute atomic E-state index is 0.468. The highest BCUT2D eigenvalue weighted by Crippen LogP contribution is 2.41. The number of benzene rings is 7. The largest absolute Gasteiger partial charge is 0.456 e. The van der Waals surface area contributed by atoms with Crippen molar-refractivity contribution in [1.29, 1.82) is 0 Å². The van der Waals surface area contributed by atoms with Crippen molar-refractivity contribution in [2.45, 2.75) is 0 Å². The van der Waals surface area contributed by atoms with Crippen LogP contribution in [0.5, 0.6) is 0 Å². The first kappa shape index (κ1) is 28.1. The maximum Gasteiger partial charge on any atom is 0.227 e. The van der Waals surface area contributed by atoms with Crippen LogP contribution in [0, 0.1) is 0 Å². The van der Waals surface area contributed by atoms with Crippen LogP contribution in [0.25, 0.3) is 101 Å². The molecule has 234 valence electrons. The molecule has 0 unspecified atom stereocenters. The Bertz CT molecular complexity index is 2860. The maximum atomic E-state index is 6.62. The van der Waals surface area contributed by atoms with Crippen LogP contribution >= 0.6 is 0 Å². The molecule has 6 nitrogen and oxygen atoms in total. The lowest BCUT2D eigenvalue weighted by Crippen LogP contribution is -2.00. The van der Waals surface area contributed by atoms with Crippen molar-refractivity contribution in [2.24, 2.45) is 0 Å². The molecule has 0 amide bonds. The second-order valence-corrected chi connectivity index (χ2v) is 12.3. The summed E-state index contributed by atoms with van der Waals surface area (Å²) in [6.07, 6.45) is 0. The molecule has 50 heavy (non-hydrogen) atoms. The Morgan fingerprint density at radius 3 is 1.74 bits per heavy atom. The van der Waals surface area contributed by atoms with Gasteiger partial charge in [0.2, 0.25) is 5.89 Å². The molecule has 10 aromatic rings. The highest BCUT2D eigenvalue weighted by Gasteiger charge is 2.23. The van der Waals surface area contributed by atoms with Crippen LogP contribution in [0.4, 0.5) is 0 Å². The number of nitrogens with zero attached hydrogens (tertiary/aromatic N) is 4. The summed E-state index contributed by atoms with van der Waals surface area (Å²) in [5.41, 5.74) is 8.38. The molecule has 0 radical (unpaired) electrons. The van der Waals surface area contributed by atoms with E-state index >= 15 is 0 Å². The van der Waals surface area contributed by atoms with Gasteiger partial charge in [0.25, 0.3) is 0 Å². The first-order chi connectivity index (χ1) is 24.7. The third kappa shape index (κ3) is 4.73. The molecule has 0 aliphatic carbocycles. The van der Waals surface area contributed by atoms with E-state index in [2.05, 4.69) is 66.7 Å². The van der Waals surface area contributed by atoms with Crippen LogP contribution in [0.1, 0.15) is 0 Å². The molecule has 0 fully saturated rings. The van der Waals surface area contributed by atoms with Crippen molar-refractivity contribution in [1.82, 2.24) is 19.9 Å². The number of fused-ring (bicyclic) bond motifs is 6. The molecule has 10 rings (SSSR count). The molecule has 0 bridgehead atoms. The van der Waals surface area contributed by atoms with Gasteiger partial charge in [-0.15, -0.1) is 0 Å². The zero-order chi connectivity index (χ0) is 33.0. The number of oxazole rings is 1. The smallest absolute Gasteiger partial charge is 0.227 e. The predicted octanol–water partition coefficient (Wildman–Crippen LogP) is 11.4. The third-order valence-corrected chi connectivity index (χ3v) is 9.14. The lowest BCUT2D eigenvalue weighted by Gasteiger charge is -2.10. The summed E-state index contributed by atoms with van der Waals surface area (Å²) in [6.45, 7) is 0. The second kappa shape index (κ2) is 11.4. The molecular weight excluding hydrogens is 617 g/mol. The molecule has 0 N–H and O–H groups in total. The quantitative estimate of drug-likeness (QED) is 0.186. The molecule has 0 aliphatic rings. The fourth-order valence-electron chi connectivity index (χ4n) is 6.69. The van der Waals surface area contributed by atoms with Gasteiger partial charge < -0.3 is 8.83 Å². The molecule has 7 aromatic carbocycles. The molecular formula is C44H26N4O2. The number of para-hydroxylation sites is 1. The summed E-state index contributed by atoms with van der Waals surface area (Å²) in [7, 11) is 0. The monoisotopic (exact) mass is 642 g/mol. The van der Waals surface area contributed by atoms with Gasteiger partial charge in [-0.3, -0.25) is 0 Å². The standard InChI is InChI=1S/C44H26N4O2/c1-4-12-27(13-5-1)31-22-20-28-21-23-32(25-33(28)24-31)42-46-41(29-14-6-2-7-15-29)47-43(48-42)35-26-37-38(34-18-10-11-19-36(34)49-37)39-40(35)50-44(45-39)30-16-8-3-9-17-30/h1-26H. The number of hydrogen-bond donors (Lipinski definition) is 0. The maximum absolute atomic E-state index is 6.62. The van der Waals surface area contributed by atoms with Crippen LogP contribution in [0.15, 0.2) is 167 Å². The summed E-state index contributed by atoms with van der Waals surface area (Å²) in [6, 6.07) is 53.1. The van der Waals surface area contributed by atoms with Gasteiger partial charge in [0.1, 0.15) is 16.7 Å². The minimum Gasteiger partial charge on any atom is -0.456 e. The first-order valence-corrected chi connectivity index (χ1v) is 16.5. The van der Waals surface area contributed by atoms with Crippen molar-refractivity contribution in [2.75, 3.05) is 0 Å². The first-order valence-electron chi connectivity index (χ1n) is 16.5. The van der Waals surface area contributed by atoms with E-state index < -0.39 is 0 Å². The highest BCUT2D eigenvalue weighted by atomic mass is 16.4. The van der Waals surface area contributed by atoms with E-state index in [-0.39, 0.29) is 0 Å². The SMILES string of the molecule is c1ccc(-c2ccc3ccc(-c4nc(-c5ccccc5)nc(-c5cc6oc7ccccc7c6c6nc(-c7ccccc7)oc56)n4)cc3c2)cc1. The van der Waals surface area contributed by atoms with E-state index in [0.29, 0.717) is 45.6 Å². The van der Waals surface area contributed by atoms with Crippen molar-refractivity contribution in [3.8, 4) is 56.7 Å². The Labute approximate surface area is 286 Å². The lowest BCUT2D eigenvalue weighted by molar-refractivity contribution is 0.620. The van der Waals surface area contributed by atoms with E-state index in [4.69, 9.17) is 28.8 Å². The molecule has 3 aromatic heterocycles. The van der Waals surface area contributed by atoms with Crippen LogP contribution < -0.4 is 0 Å². The molecule has 0 saturated heterocycles. The average molecular weight is 643 g/mol. The van der Waals surface area contributed by atoms with Crippen molar-refractivity contribution in [3.05, 3.63) is 158 Å². The zero-order valence-corrected chi connectivity index (χ0v) is 26.6. The van der Waals surface area contributed by atoms with Crippen molar-refractivity contribution < 1.29 is 8.83 Å². The highest BCUT2D eigenvalue weighted by molar-refractivity contribution is 6.19. The Balaban J connectivity index is 1.22. The van der Waals surface area contributed by atoms with Crippen molar-refractivity contribution >= 4 is 43.8 Å². The predicted molar refractivity (Wildman–Crippen MR) is 199 cm³/mol. The third-order valence-electron chi connectivity index (χ3n) is 9.14. The Hall–Kier alpha value is -6.92. The number of aromatic nitrogens is 4. The zero-order valence-electron chi connectivity index (χ0n) is 26.6. The fraction of sp³-hybridized carbons (Fsp3) is 0. The molecule has 3 heterocycles. The summed E-state index contributed by atoms with van der Waals surface area (Å²) in [5, 5.41) is 4.10. The van der Waals surface area contributed by atoms with Crippen LogP contribution in [0.3, 0.4) is 0 Å². The fourth-order valence-corrected chi connectivity index (χ4v) is 6.69. The molecule has 0 atom stereocenters. The van der Waals surface area contributed by atoms with Crippen LogP contribution in [-0.4, -0.2) is 19.9 Å². The van der Waals surface area contributed by atoms with Gasteiger partial charge in [-0.1, -0.05) is 121 Å². The molecule has 0 spiro atoms. The van der Waals surface area contributed by atoms with Crippen molar-refractivity contribution in [3.63, 3.8) is 0 Å². The summed E-state index contributed by atoms with van der Waals surface area (Å²) in [5.74, 6) is 2.10. The summed E-state index contributed by atoms with van der Waals surface area (Å²) < 4.78 is 13.0. The van der Waals surface area contributed by atoms with Gasteiger partial charge in [0, 0.05) is 22.1 Å². The van der Waals surface area contributed by atoms with Gasteiger partial charge in [-0.05, 0) is 58.3 Å². The van der Waals surface area contributed by atoms with E-state index in [1.165, 1.54) is 5.56 Å². The average Bonchev–Trinajstić information content (AvgIpc) is 3.80. The number of rotatable bonds is 5. The molecule has 6 heteroatoms. The Morgan fingerprint density at radius 2 is 0.980 bits per heavy atom. The van der Waals surface area contributed by atoms with Crippen LogP contribution in [0.2, 0.25) is 0 Å². The van der Waals surface area contributed by atoms with Gasteiger partial charge in [0.05, 0.1) is 10.9 Å². The second-order valence-electron chi connectivity index (χ2n) is 12.3. The van der Waals surface area contributed by atoms with Gasteiger partial charge in [-0.25, -0.2) is 19.9 Å². The Morgan fingerprint density at radius 1 is 0.380 bits per heavy atom. The van der Waals surface area contributed by atoms with E-state index in [1.807, 2.05) is 91.0 Å². The molecule has 0 aliphatic heterocycles. The van der Waals surface area contributed by atoms with Gasteiger partial charge >= 0.3 is 0 Å². The topological polar surface area (TPSA) is 77.8 Å². The van der Waals surface area contributed by atoms with E-state index in [0.717, 1.165) is 49.4 Å². The summed E-state index contributed by atoms with van der Waals surface area (Å²) >= 11 is 0. The van der Waals surface area contributed by atoms with Gasteiger partial charge in [-0.2, -0.15) is 0 Å². The van der Waals surface area contributed by atoms with Crippen LogP contribution in [-0.2, 0) is 0 Å². The Kier molecular flexibility index (Phi) is 6.39. The minimum atomic E-state index is 0.468. The number of hydrogen-bond acceptors (Lipinski definition) is 6. The van der Waals surface area contributed by atoms with E-state index in [9.17, 15) is 0 Å². The van der Waals surface area contributed by atoms with E-state index in [1.54, 1.807) is 0 Å². The number of furan rings is 1. The lowest BCUT2D eigenvalue weighted by atomic mass is 10.00. The molecule has 0 saturated carbocycles.